The number of rotatable bonds is 7. The van der Waals surface area contributed by atoms with Gasteiger partial charge in [-0.1, -0.05) is 19.1 Å². The van der Waals surface area contributed by atoms with E-state index in [2.05, 4.69) is 5.32 Å². The number of ether oxygens (including phenoxy) is 1. The van der Waals surface area contributed by atoms with Gasteiger partial charge in [-0.05, 0) is 24.1 Å². The molecule has 5 heteroatoms. The van der Waals surface area contributed by atoms with Gasteiger partial charge in [0, 0.05) is 0 Å². The van der Waals surface area contributed by atoms with Crippen LogP contribution in [0.3, 0.4) is 0 Å². The predicted octanol–water partition coefficient (Wildman–Crippen LogP) is 0.0972. The van der Waals surface area contributed by atoms with Gasteiger partial charge in [0.05, 0.1) is 19.3 Å². The third kappa shape index (κ3) is 4.73. The molecule has 0 fully saturated rings. The second kappa shape index (κ2) is 7.68. The third-order valence-electron chi connectivity index (χ3n) is 2.48. The highest BCUT2D eigenvalue weighted by molar-refractivity contribution is 5.77. The predicted molar refractivity (Wildman–Crippen MR) is 67.4 cm³/mol. The van der Waals surface area contributed by atoms with Gasteiger partial charge in [-0.2, -0.15) is 0 Å². The van der Waals surface area contributed by atoms with Crippen LogP contribution in [0.5, 0.6) is 5.75 Å². The molecular formula is C13H19NO4. The zero-order valence-corrected chi connectivity index (χ0v) is 10.4. The molecule has 0 heterocycles. The Morgan fingerprint density at radius 2 is 2.11 bits per heavy atom. The van der Waals surface area contributed by atoms with Crippen LogP contribution in [0.2, 0.25) is 0 Å². The first-order valence-corrected chi connectivity index (χ1v) is 5.92. The normalized spacial score (nSPS) is 10.4. The average molecular weight is 253 g/mol. The van der Waals surface area contributed by atoms with Crippen LogP contribution in [-0.2, 0) is 11.2 Å². The van der Waals surface area contributed by atoms with Crippen LogP contribution in [0.1, 0.15) is 12.5 Å². The fourth-order valence-electron chi connectivity index (χ4n) is 1.42. The number of aliphatic hydroxyl groups excluding tert-OH is 2. The molecule has 0 aromatic heterocycles. The molecule has 5 nitrogen and oxygen atoms in total. The highest BCUT2D eigenvalue weighted by Gasteiger charge is 2.10. The van der Waals surface area contributed by atoms with Gasteiger partial charge in [0.1, 0.15) is 5.75 Å². The Bertz CT molecular complexity index is 377. The Balaban J connectivity index is 2.42. The zero-order chi connectivity index (χ0) is 13.4. The first kappa shape index (κ1) is 14.5. The van der Waals surface area contributed by atoms with Gasteiger partial charge in [-0.3, -0.25) is 4.79 Å². The summed E-state index contributed by atoms with van der Waals surface area (Å²) in [5.74, 6) is 0.263. The maximum absolute atomic E-state index is 11.4. The van der Waals surface area contributed by atoms with Crippen molar-refractivity contribution < 1.29 is 19.7 Å². The Labute approximate surface area is 106 Å². The Kier molecular flexibility index (Phi) is 6.18. The van der Waals surface area contributed by atoms with Crippen LogP contribution >= 0.6 is 0 Å². The molecule has 1 aromatic rings. The molecule has 0 saturated carbocycles. The molecule has 0 atom stereocenters. The number of amides is 1. The summed E-state index contributed by atoms with van der Waals surface area (Å²) in [6.45, 7) is 1.31. The molecule has 0 radical (unpaired) electrons. The molecule has 100 valence electrons. The number of hydrogen-bond donors (Lipinski definition) is 3. The first-order valence-electron chi connectivity index (χ1n) is 5.92. The summed E-state index contributed by atoms with van der Waals surface area (Å²) >= 11 is 0. The fraction of sp³-hybridized carbons (Fsp3) is 0.462. The fourth-order valence-corrected chi connectivity index (χ4v) is 1.42. The van der Waals surface area contributed by atoms with Crippen molar-refractivity contribution in [2.24, 2.45) is 0 Å². The van der Waals surface area contributed by atoms with Crippen LogP contribution in [-0.4, -0.2) is 42.0 Å². The number of aliphatic hydroxyl groups is 2. The number of hydrogen-bond acceptors (Lipinski definition) is 4. The van der Waals surface area contributed by atoms with Crippen molar-refractivity contribution in [1.29, 1.82) is 0 Å². The van der Waals surface area contributed by atoms with Gasteiger partial charge >= 0.3 is 0 Å². The van der Waals surface area contributed by atoms with Gasteiger partial charge in [-0.25, -0.2) is 0 Å². The topological polar surface area (TPSA) is 78.8 Å². The largest absolute Gasteiger partial charge is 0.484 e. The van der Waals surface area contributed by atoms with Gasteiger partial charge in [0.2, 0.25) is 0 Å². The maximum atomic E-state index is 11.4. The van der Waals surface area contributed by atoms with Crippen molar-refractivity contribution in [2.75, 3.05) is 19.8 Å². The Morgan fingerprint density at radius 3 is 2.72 bits per heavy atom. The second-order valence-corrected chi connectivity index (χ2v) is 3.92. The van der Waals surface area contributed by atoms with Gasteiger partial charge in [-0.15, -0.1) is 0 Å². The molecule has 1 aromatic carbocycles. The summed E-state index contributed by atoms with van der Waals surface area (Å²) in [7, 11) is 0. The lowest BCUT2D eigenvalue weighted by molar-refractivity contribution is -0.124. The van der Waals surface area contributed by atoms with Crippen LogP contribution < -0.4 is 10.1 Å². The van der Waals surface area contributed by atoms with E-state index in [0.717, 1.165) is 12.0 Å². The molecule has 0 saturated heterocycles. The SMILES string of the molecule is CCc1cccc(OCC(=O)NC(CO)CO)c1. The highest BCUT2D eigenvalue weighted by atomic mass is 16.5. The van der Waals surface area contributed by atoms with Gasteiger partial charge < -0.3 is 20.3 Å². The van der Waals surface area contributed by atoms with Crippen molar-refractivity contribution in [2.45, 2.75) is 19.4 Å². The van der Waals surface area contributed by atoms with Gasteiger partial charge in [0.25, 0.3) is 5.91 Å². The third-order valence-corrected chi connectivity index (χ3v) is 2.48. The van der Waals surface area contributed by atoms with Crippen molar-refractivity contribution in [3.8, 4) is 5.75 Å². The van der Waals surface area contributed by atoms with Crippen LogP contribution in [0.15, 0.2) is 24.3 Å². The van der Waals surface area contributed by atoms with E-state index in [1.807, 2.05) is 25.1 Å². The Hall–Kier alpha value is -1.59. The van der Waals surface area contributed by atoms with E-state index in [9.17, 15) is 4.79 Å². The number of benzene rings is 1. The molecule has 0 unspecified atom stereocenters. The van der Waals surface area contributed by atoms with E-state index >= 15 is 0 Å². The first-order chi connectivity index (χ1) is 8.69. The molecule has 0 aliphatic heterocycles. The summed E-state index contributed by atoms with van der Waals surface area (Å²) in [5, 5.41) is 20.1. The number of carbonyl (C=O) groups is 1. The summed E-state index contributed by atoms with van der Waals surface area (Å²) < 4.78 is 5.32. The molecule has 1 amide bonds. The molecule has 0 spiro atoms. The summed E-state index contributed by atoms with van der Waals surface area (Å²) in [4.78, 5) is 11.4. The van der Waals surface area contributed by atoms with E-state index in [1.165, 1.54) is 0 Å². The maximum Gasteiger partial charge on any atom is 0.258 e. The lowest BCUT2D eigenvalue weighted by Gasteiger charge is -2.13. The molecule has 3 N–H and O–H groups in total. The van der Waals surface area contributed by atoms with Crippen molar-refractivity contribution in [1.82, 2.24) is 5.32 Å². The number of carbonyl (C=O) groups excluding carboxylic acids is 1. The summed E-state index contributed by atoms with van der Waals surface area (Å²) in [5.41, 5.74) is 1.14. The average Bonchev–Trinajstić information content (AvgIpc) is 2.42. The van der Waals surface area contributed by atoms with Crippen molar-refractivity contribution in [3.63, 3.8) is 0 Å². The number of aryl methyl sites for hydroxylation is 1. The van der Waals surface area contributed by atoms with Gasteiger partial charge in [0.15, 0.2) is 6.61 Å². The highest BCUT2D eigenvalue weighted by Crippen LogP contribution is 2.13. The molecule has 1 rings (SSSR count). The molecule has 18 heavy (non-hydrogen) atoms. The second-order valence-electron chi connectivity index (χ2n) is 3.92. The minimum Gasteiger partial charge on any atom is -0.484 e. The minimum atomic E-state index is -0.636. The summed E-state index contributed by atoms with van der Waals surface area (Å²) in [6.07, 6.45) is 0.903. The van der Waals surface area contributed by atoms with E-state index < -0.39 is 6.04 Å². The lowest BCUT2D eigenvalue weighted by atomic mass is 10.2. The van der Waals surface area contributed by atoms with Crippen LogP contribution in [0, 0.1) is 0 Å². The van der Waals surface area contributed by atoms with E-state index in [0.29, 0.717) is 5.75 Å². The molecule has 0 aliphatic rings. The Morgan fingerprint density at radius 1 is 1.39 bits per heavy atom. The van der Waals surface area contributed by atoms with Crippen molar-refractivity contribution >= 4 is 5.91 Å². The molecule has 0 aliphatic carbocycles. The minimum absolute atomic E-state index is 0.135. The van der Waals surface area contributed by atoms with E-state index in [4.69, 9.17) is 14.9 Å². The zero-order valence-electron chi connectivity index (χ0n) is 10.4. The van der Waals surface area contributed by atoms with E-state index in [-0.39, 0.29) is 25.7 Å². The smallest absolute Gasteiger partial charge is 0.258 e. The van der Waals surface area contributed by atoms with Crippen LogP contribution in [0.25, 0.3) is 0 Å². The lowest BCUT2D eigenvalue weighted by Crippen LogP contribution is -2.42. The quantitative estimate of drug-likeness (QED) is 0.644. The number of nitrogens with one attached hydrogen (secondary N) is 1. The molecule has 0 bridgehead atoms. The van der Waals surface area contributed by atoms with Crippen LogP contribution in [0.4, 0.5) is 0 Å². The summed E-state index contributed by atoms with van der Waals surface area (Å²) in [6, 6.07) is 6.88. The molecular weight excluding hydrogens is 234 g/mol. The monoisotopic (exact) mass is 253 g/mol. The van der Waals surface area contributed by atoms with Crippen molar-refractivity contribution in [3.05, 3.63) is 29.8 Å². The van der Waals surface area contributed by atoms with E-state index in [1.54, 1.807) is 6.07 Å². The standard InChI is InChI=1S/C13H19NO4/c1-2-10-4-3-5-12(6-10)18-9-13(17)14-11(7-15)8-16/h3-6,11,15-16H,2,7-9H2,1H3,(H,14,17).